The Kier molecular flexibility index (Phi) is 3.79. The van der Waals surface area contributed by atoms with Gasteiger partial charge in [-0.15, -0.1) is 0 Å². The van der Waals surface area contributed by atoms with Crippen LogP contribution in [0.5, 0.6) is 0 Å². The van der Waals surface area contributed by atoms with Gasteiger partial charge in [-0.25, -0.2) is 4.39 Å². The first kappa shape index (κ1) is 12.5. The Balaban J connectivity index is 2.31. The van der Waals surface area contributed by atoms with E-state index in [1.54, 1.807) is 12.1 Å². The van der Waals surface area contributed by atoms with Crippen LogP contribution in [0.4, 0.5) is 4.39 Å². The van der Waals surface area contributed by atoms with E-state index >= 15 is 0 Å². The van der Waals surface area contributed by atoms with Crippen molar-refractivity contribution >= 4 is 0 Å². The lowest BCUT2D eigenvalue weighted by Gasteiger charge is -2.26. The molecule has 0 saturated carbocycles. The van der Waals surface area contributed by atoms with Crippen LogP contribution in [0.15, 0.2) is 18.2 Å². The summed E-state index contributed by atoms with van der Waals surface area (Å²) in [4.78, 5) is 0. The molecule has 3 unspecified atom stereocenters. The Hall–Kier alpha value is -0.930. The highest BCUT2D eigenvalue weighted by Gasteiger charge is 2.33. The van der Waals surface area contributed by atoms with Crippen molar-refractivity contribution in [2.24, 2.45) is 5.92 Å². The molecular formula is C14H20FNO. The fraction of sp³-hybridized carbons (Fsp3) is 0.571. The number of aryl methyl sites for hydroxylation is 1. The topological polar surface area (TPSA) is 21.3 Å². The SMILES string of the molecule is CNC(c1cc(C)ccc1F)C1CCOC1C. The molecule has 1 aromatic rings. The van der Waals surface area contributed by atoms with E-state index in [2.05, 4.69) is 12.2 Å². The number of benzene rings is 1. The van der Waals surface area contributed by atoms with Gasteiger partial charge in [0.1, 0.15) is 5.82 Å². The molecule has 1 aliphatic rings. The molecule has 2 rings (SSSR count). The van der Waals surface area contributed by atoms with Gasteiger partial charge in [-0.2, -0.15) is 0 Å². The Morgan fingerprint density at radius 3 is 2.82 bits per heavy atom. The Morgan fingerprint density at radius 1 is 1.47 bits per heavy atom. The van der Waals surface area contributed by atoms with Gasteiger partial charge in [0.15, 0.2) is 0 Å². The molecule has 94 valence electrons. The summed E-state index contributed by atoms with van der Waals surface area (Å²) in [6.07, 6.45) is 1.17. The molecule has 1 fully saturated rings. The zero-order valence-electron chi connectivity index (χ0n) is 10.7. The minimum atomic E-state index is -0.131. The summed E-state index contributed by atoms with van der Waals surface area (Å²) in [5.41, 5.74) is 1.85. The van der Waals surface area contributed by atoms with Gasteiger partial charge < -0.3 is 10.1 Å². The van der Waals surface area contributed by atoms with Crippen LogP contribution in [0.25, 0.3) is 0 Å². The van der Waals surface area contributed by atoms with Crippen LogP contribution in [-0.2, 0) is 4.74 Å². The molecule has 1 aromatic carbocycles. The van der Waals surface area contributed by atoms with Crippen LogP contribution >= 0.6 is 0 Å². The third-order valence-electron chi connectivity index (χ3n) is 3.66. The van der Waals surface area contributed by atoms with Crippen LogP contribution in [0.1, 0.15) is 30.5 Å². The lowest BCUT2D eigenvalue weighted by Crippen LogP contribution is -2.30. The van der Waals surface area contributed by atoms with Gasteiger partial charge in [-0.05, 0) is 33.4 Å². The third kappa shape index (κ3) is 2.50. The first-order valence-corrected chi connectivity index (χ1v) is 6.18. The molecule has 17 heavy (non-hydrogen) atoms. The van der Waals surface area contributed by atoms with E-state index in [-0.39, 0.29) is 18.0 Å². The largest absolute Gasteiger partial charge is 0.378 e. The molecule has 1 N–H and O–H groups in total. The van der Waals surface area contributed by atoms with Crippen LogP contribution in [-0.4, -0.2) is 19.8 Å². The second kappa shape index (κ2) is 5.15. The summed E-state index contributed by atoms with van der Waals surface area (Å²) in [5, 5.41) is 3.24. The van der Waals surface area contributed by atoms with E-state index in [1.165, 1.54) is 0 Å². The van der Waals surface area contributed by atoms with Crippen LogP contribution < -0.4 is 5.32 Å². The van der Waals surface area contributed by atoms with Gasteiger partial charge in [-0.3, -0.25) is 0 Å². The van der Waals surface area contributed by atoms with Crippen molar-refractivity contribution in [2.75, 3.05) is 13.7 Å². The maximum atomic E-state index is 13.9. The van der Waals surface area contributed by atoms with E-state index in [4.69, 9.17) is 4.74 Å². The summed E-state index contributed by atoms with van der Waals surface area (Å²) in [7, 11) is 1.89. The van der Waals surface area contributed by atoms with Crippen LogP contribution in [0.3, 0.4) is 0 Å². The van der Waals surface area contributed by atoms with Gasteiger partial charge in [0.2, 0.25) is 0 Å². The molecule has 3 atom stereocenters. The summed E-state index contributed by atoms with van der Waals surface area (Å²) in [5.74, 6) is 0.213. The minimum Gasteiger partial charge on any atom is -0.378 e. The molecule has 0 aromatic heterocycles. The van der Waals surface area contributed by atoms with E-state index in [1.807, 2.05) is 20.0 Å². The summed E-state index contributed by atoms with van der Waals surface area (Å²) in [6.45, 7) is 4.83. The van der Waals surface area contributed by atoms with Crippen molar-refractivity contribution in [3.8, 4) is 0 Å². The predicted octanol–water partition coefficient (Wildman–Crippen LogP) is 2.82. The average molecular weight is 237 g/mol. The van der Waals surface area contributed by atoms with Crippen molar-refractivity contribution < 1.29 is 9.13 Å². The minimum absolute atomic E-state index is 0.0346. The number of halogens is 1. The summed E-state index contributed by atoms with van der Waals surface area (Å²) in [6, 6.07) is 5.32. The van der Waals surface area contributed by atoms with Crippen molar-refractivity contribution in [1.82, 2.24) is 5.32 Å². The molecule has 0 bridgehead atoms. The molecule has 0 spiro atoms. The number of ether oxygens (including phenoxy) is 1. The van der Waals surface area contributed by atoms with E-state index in [9.17, 15) is 4.39 Å². The normalized spacial score (nSPS) is 26.1. The maximum absolute atomic E-state index is 13.9. The number of hydrogen-bond donors (Lipinski definition) is 1. The van der Waals surface area contributed by atoms with Gasteiger partial charge in [0, 0.05) is 24.1 Å². The second-order valence-electron chi connectivity index (χ2n) is 4.82. The van der Waals surface area contributed by atoms with E-state index in [0.29, 0.717) is 5.92 Å². The third-order valence-corrected chi connectivity index (χ3v) is 3.66. The fourth-order valence-electron chi connectivity index (χ4n) is 2.69. The standard InChI is InChI=1S/C14H20FNO/c1-9-4-5-13(15)12(8-9)14(16-3)11-6-7-17-10(11)2/h4-5,8,10-11,14,16H,6-7H2,1-3H3. The molecule has 2 nitrogen and oxygen atoms in total. The Labute approximate surface area is 102 Å². The van der Waals surface area contributed by atoms with E-state index in [0.717, 1.165) is 24.2 Å². The smallest absolute Gasteiger partial charge is 0.128 e. The highest BCUT2D eigenvalue weighted by molar-refractivity contribution is 5.27. The number of nitrogens with one attached hydrogen (secondary N) is 1. The van der Waals surface area contributed by atoms with Crippen LogP contribution in [0.2, 0.25) is 0 Å². The molecule has 1 aliphatic heterocycles. The molecule has 0 aliphatic carbocycles. The lowest BCUT2D eigenvalue weighted by molar-refractivity contribution is 0.0959. The molecule has 3 heteroatoms. The fourth-order valence-corrected chi connectivity index (χ4v) is 2.69. The molecule has 0 amide bonds. The molecule has 0 radical (unpaired) electrons. The predicted molar refractivity (Wildman–Crippen MR) is 66.5 cm³/mol. The van der Waals surface area contributed by atoms with Gasteiger partial charge in [0.05, 0.1) is 6.10 Å². The monoisotopic (exact) mass is 237 g/mol. The van der Waals surface area contributed by atoms with Crippen molar-refractivity contribution in [3.63, 3.8) is 0 Å². The molecular weight excluding hydrogens is 217 g/mol. The first-order valence-electron chi connectivity index (χ1n) is 6.18. The van der Waals surface area contributed by atoms with Gasteiger partial charge in [-0.1, -0.05) is 17.7 Å². The Morgan fingerprint density at radius 2 is 2.24 bits per heavy atom. The van der Waals surface area contributed by atoms with Crippen LogP contribution in [0, 0.1) is 18.7 Å². The maximum Gasteiger partial charge on any atom is 0.128 e. The van der Waals surface area contributed by atoms with Crippen molar-refractivity contribution in [2.45, 2.75) is 32.4 Å². The zero-order valence-corrected chi connectivity index (χ0v) is 10.7. The van der Waals surface area contributed by atoms with Gasteiger partial charge >= 0.3 is 0 Å². The highest BCUT2D eigenvalue weighted by atomic mass is 19.1. The van der Waals surface area contributed by atoms with E-state index < -0.39 is 0 Å². The first-order chi connectivity index (χ1) is 8.13. The second-order valence-corrected chi connectivity index (χ2v) is 4.82. The molecule has 1 saturated heterocycles. The summed E-state index contributed by atoms with van der Waals surface area (Å²) >= 11 is 0. The average Bonchev–Trinajstić information content (AvgIpc) is 2.71. The van der Waals surface area contributed by atoms with Crippen molar-refractivity contribution in [1.29, 1.82) is 0 Å². The number of hydrogen-bond acceptors (Lipinski definition) is 2. The number of rotatable bonds is 3. The lowest BCUT2D eigenvalue weighted by atomic mass is 9.87. The van der Waals surface area contributed by atoms with Crippen molar-refractivity contribution in [3.05, 3.63) is 35.1 Å². The zero-order chi connectivity index (χ0) is 12.4. The van der Waals surface area contributed by atoms with Gasteiger partial charge in [0.25, 0.3) is 0 Å². The molecule has 1 heterocycles. The quantitative estimate of drug-likeness (QED) is 0.872. The highest BCUT2D eigenvalue weighted by Crippen LogP contribution is 2.34. The summed E-state index contributed by atoms with van der Waals surface area (Å²) < 4.78 is 19.5. The Bertz CT molecular complexity index is 394.